The standard InChI is InChI=1S/C69H135NO5/c1-3-5-7-9-11-13-15-16-17-18-19-20-23-26-29-32-35-38-42-45-49-53-57-61-67(72)66(65-71)70-68(73)62-58-54-50-46-43-39-36-33-30-27-24-21-22-25-28-31-34-37-40-44-48-52-56-60-64-75-69(74)63-59-55-51-47-41-14-12-10-8-6-4-2/h24,27,66-67,71-72H,3-23,25-26,28-65H2,1-2H3,(H,70,73)/b27-24-. The Morgan fingerprint density at radius 3 is 0.947 bits per heavy atom. The Morgan fingerprint density at radius 1 is 0.360 bits per heavy atom. The van der Waals surface area contributed by atoms with Gasteiger partial charge in [-0.05, 0) is 51.4 Å². The predicted molar refractivity (Wildman–Crippen MR) is 329 cm³/mol. The van der Waals surface area contributed by atoms with Gasteiger partial charge in [-0.25, -0.2) is 0 Å². The molecule has 0 aromatic rings. The van der Waals surface area contributed by atoms with E-state index in [2.05, 4.69) is 31.3 Å². The zero-order valence-corrected chi connectivity index (χ0v) is 51.1. The van der Waals surface area contributed by atoms with Gasteiger partial charge in [0, 0.05) is 12.8 Å². The monoisotopic (exact) mass is 1060 g/mol. The minimum atomic E-state index is -0.668. The second-order valence-electron chi connectivity index (χ2n) is 23.9. The molecule has 0 saturated carbocycles. The molecule has 0 saturated heterocycles. The maximum atomic E-state index is 12.5. The van der Waals surface area contributed by atoms with Crippen LogP contribution in [0, 0.1) is 0 Å². The molecule has 446 valence electrons. The van der Waals surface area contributed by atoms with Gasteiger partial charge in [0.25, 0.3) is 0 Å². The molecule has 0 aliphatic carbocycles. The minimum absolute atomic E-state index is 0.0133. The summed E-state index contributed by atoms with van der Waals surface area (Å²) in [5.41, 5.74) is 0. The highest BCUT2D eigenvalue weighted by atomic mass is 16.5. The molecule has 6 heteroatoms. The van der Waals surface area contributed by atoms with Crippen molar-refractivity contribution >= 4 is 11.9 Å². The Bertz CT molecular complexity index is 1130. The number of aliphatic hydroxyl groups is 2. The zero-order chi connectivity index (χ0) is 54.3. The lowest BCUT2D eigenvalue weighted by Gasteiger charge is -2.22. The lowest BCUT2D eigenvalue weighted by Crippen LogP contribution is -2.45. The van der Waals surface area contributed by atoms with Crippen molar-refractivity contribution in [2.24, 2.45) is 0 Å². The van der Waals surface area contributed by atoms with Gasteiger partial charge in [0.1, 0.15) is 0 Å². The van der Waals surface area contributed by atoms with Crippen molar-refractivity contribution in [2.75, 3.05) is 13.2 Å². The van der Waals surface area contributed by atoms with Crippen molar-refractivity contribution in [3.05, 3.63) is 12.2 Å². The van der Waals surface area contributed by atoms with Gasteiger partial charge in [0.2, 0.25) is 5.91 Å². The molecule has 0 aromatic heterocycles. The molecule has 0 rings (SSSR count). The summed E-state index contributed by atoms with van der Waals surface area (Å²) in [4.78, 5) is 24.6. The van der Waals surface area contributed by atoms with Crippen LogP contribution in [0.4, 0.5) is 0 Å². The highest BCUT2D eigenvalue weighted by molar-refractivity contribution is 5.76. The number of amides is 1. The van der Waals surface area contributed by atoms with E-state index in [9.17, 15) is 19.8 Å². The largest absolute Gasteiger partial charge is 0.466 e. The third-order valence-electron chi connectivity index (χ3n) is 16.3. The van der Waals surface area contributed by atoms with E-state index in [1.54, 1.807) is 0 Å². The predicted octanol–water partition coefficient (Wildman–Crippen LogP) is 22.0. The van der Waals surface area contributed by atoms with Crippen LogP contribution in [0.3, 0.4) is 0 Å². The Hall–Kier alpha value is -1.40. The average molecular weight is 1060 g/mol. The third kappa shape index (κ3) is 61.7. The molecular weight excluding hydrogens is 923 g/mol. The van der Waals surface area contributed by atoms with E-state index in [-0.39, 0.29) is 18.5 Å². The Kier molecular flexibility index (Phi) is 63.9. The zero-order valence-electron chi connectivity index (χ0n) is 51.1. The van der Waals surface area contributed by atoms with E-state index in [0.29, 0.717) is 25.9 Å². The highest BCUT2D eigenvalue weighted by Gasteiger charge is 2.20. The number of carbonyl (C=O) groups is 2. The van der Waals surface area contributed by atoms with Crippen LogP contribution >= 0.6 is 0 Å². The molecule has 2 atom stereocenters. The SMILES string of the molecule is CCCCCCCCCCCCCCCCCCCCCCCCCC(O)C(CO)NC(=O)CCCCCCCCCC/C=C\CCCCCCCCCCCCCCOC(=O)CCCCCCCCCCCCC. The van der Waals surface area contributed by atoms with Crippen LogP contribution in [0.2, 0.25) is 0 Å². The molecule has 0 radical (unpaired) electrons. The summed E-state index contributed by atoms with van der Waals surface area (Å²) in [6, 6.07) is -0.545. The second-order valence-corrected chi connectivity index (χ2v) is 23.9. The second kappa shape index (κ2) is 65.1. The quantitative estimate of drug-likeness (QED) is 0.0320. The van der Waals surface area contributed by atoms with Gasteiger partial charge in [-0.15, -0.1) is 0 Å². The van der Waals surface area contributed by atoms with Crippen LogP contribution in [0.5, 0.6) is 0 Å². The normalized spacial score (nSPS) is 12.5. The first-order valence-corrected chi connectivity index (χ1v) is 34.4. The van der Waals surface area contributed by atoms with E-state index in [4.69, 9.17) is 4.74 Å². The van der Waals surface area contributed by atoms with Crippen LogP contribution in [-0.2, 0) is 14.3 Å². The number of allylic oxidation sites excluding steroid dienone is 2. The topological polar surface area (TPSA) is 95.9 Å². The molecule has 1 amide bonds. The van der Waals surface area contributed by atoms with Gasteiger partial charge in [-0.3, -0.25) is 9.59 Å². The number of aliphatic hydroxyl groups excluding tert-OH is 2. The van der Waals surface area contributed by atoms with Crippen LogP contribution in [-0.4, -0.2) is 47.4 Å². The molecule has 6 nitrogen and oxygen atoms in total. The number of rotatable bonds is 65. The van der Waals surface area contributed by atoms with Gasteiger partial charge in [0.05, 0.1) is 25.4 Å². The summed E-state index contributed by atoms with van der Waals surface area (Å²) < 4.78 is 5.47. The van der Waals surface area contributed by atoms with Gasteiger partial charge in [0.15, 0.2) is 0 Å². The maximum Gasteiger partial charge on any atom is 0.305 e. The van der Waals surface area contributed by atoms with E-state index >= 15 is 0 Å². The number of nitrogens with one attached hydrogen (secondary N) is 1. The fourth-order valence-corrected chi connectivity index (χ4v) is 11.1. The van der Waals surface area contributed by atoms with Gasteiger partial charge < -0.3 is 20.3 Å². The maximum absolute atomic E-state index is 12.5. The molecular formula is C69H135NO5. The first-order chi connectivity index (χ1) is 37.0. The number of esters is 1. The lowest BCUT2D eigenvalue weighted by molar-refractivity contribution is -0.143. The molecule has 3 N–H and O–H groups in total. The van der Waals surface area contributed by atoms with Crippen LogP contribution < -0.4 is 5.32 Å². The van der Waals surface area contributed by atoms with Gasteiger partial charge >= 0.3 is 5.97 Å². The Labute approximate surface area is 469 Å². The number of hydrogen-bond donors (Lipinski definition) is 3. The molecule has 0 aromatic carbocycles. The molecule has 0 fully saturated rings. The first-order valence-electron chi connectivity index (χ1n) is 34.4. The molecule has 0 bridgehead atoms. The molecule has 2 unspecified atom stereocenters. The van der Waals surface area contributed by atoms with Crippen LogP contribution in [0.15, 0.2) is 12.2 Å². The van der Waals surface area contributed by atoms with Crippen molar-refractivity contribution in [1.29, 1.82) is 0 Å². The Morgan fingerprint density at radius 2 is 0.627 bits per heavy atom. The summed E-state index contributed by atoms with van der Waals surface area (Å²) >= 11 is 0. The summed E-state index contributed by atoms with van der Waals surface area (Å²) in [7, 11) is 0. The fraction of sp³-hybridized carbons (Fsp3) is 0.942. The minimum Gasteiger partial charge on any atom is -0.466 e. The first kappa shape index (κ1) is 73.6. The summed E-state index contributed by atoms with van der Waals surface area (Å²) in [6.45, 7) is 4.99. The van der Waals surface area contributed by atoms with Gasteiger partial charge in [-0.1, -0.05) is 341 Å². The summed E-state index contributed by atoms with van der Waals surface area (Å²) in [5.74, 6) is -0.0213. The number of carbonyl (C=O) groups excluding carboxylic acids is 2. The number of ether oxygens (including phenoxy) is 1. The smallest absolute Gasteiger partial charge is 0.305 e. The highest BCUT2D eigenvalue weighted by Crippen LogP contribution is 2.19. The lowest BCUT2D eigenvalue weighted by atomic mass is 10.0. The summed E-state index contributed by atoms with van der Waals surface area (Å²) in [6.07, 6.45) is 79.6. The van der Waals surface area contributed by atoms with Crippen molar-refractivity contribution in [3.63, 3.8) is 0 Å². The van der Waals surface area contributed by atoms with E-state index in [0.717, 1.165) is 38.5 Å². The number of unbranched alkanes of at least 4 members (excludes halogenated alkanes) is 52. The third-order valence-corrected chi connectivity index (χ3v) is 16.3. The molecule has 75 heavy (non-hydrogen) atoms. The van der Waals surface area contributed by atoms with Gasteiger partial charge in [-0.2, -0.15) is 0 Å². The van der Waals surface area contributed by atoms with Crippen LogP contribution in [0.1, 0.15) is 393 Å². The van der Waals surface area contributed by atoms with Crippen molar-refractivity contribution in [3.8, 4) is 0 Å². The fourth-order valence-electron chi connectivity index (χ4n) is 11.1. The average Bonchev–Trinajstić information content (AvgIpc) is 3.41. The molecule has 0 spiro atoms. The van der Waals surface area contributed by atoms with Crippen molar-refractivity contribution < 1.29 is 24.5 Å². The van der Waals surface area contributed by atoms with Crippen molar-refractivity contribution in [2.45, 2.75) is 405 Å². The Balaban J connectivity index is 3.40. The summed E-state index contributed by atoms with van der Waals surface area (Å²) in [5, 5.41) is 23.4. The van der Waals surface area contributed by atoms with E-state index in [1.165, 1.54) is 321 Å². The molecule has 0 aliphatic heterocycles. The van der Waals surface area contributed by atoms with Crippen molar-refractivity contribution in [1.82, 2.24) is 5.32 Å². The van der Waals surface area contributed by atoms with Crippen LogP contribution in [0.25, 0.3) is 0 Å². The molecule has 0 heterocycles. The van der Waals surface area contributed by atoms with E-state index < -0.39 is 12.1 Å². The molecule has 0 aliphatic rings. The van der Waals surface area contributed by atoms with E-state index in [1.807, 2.05) is 0 Å². The number of hydrogen-bond acceptors (Lipinski definition) is 5.